The highest BCUT2D eigenvalue weighted by Crippen LogP contribution is 2.17. The molecule has 158 valence electrons. The van der Waals surface area contributed by atoms with Gasteiger partial charge in [0.25, 0.3) is 5.91 Å². The zero-order valence-electron chi connectivity index (χ0n) is 17.2. The first-order valence-electron chi connectivity index (χ1n) is 9.25. The van der Waals surface area contributed by atoms with E-state index in [0.717, 1.165) is 11.3 Å². The van der Waals surface area contributed by atoms with Gasteiger partial charge in [-0.15, -0.1) is 0 Å². The predicted octanol–water partition coefficient (Wildman–Crippen LogP) is 2.51. The molecule has 0 atom stereocenters. The number of sulfonamides is 1. The van der Waals surface area contributed by atoms with Crippen LogP contribution >= 0.6 is 0 Å². The molecular formula is C21H28N2O5S. The van der Waals surface area contributed by atoms with Crippen molar-refractivity contribution in [3.8, 4) is 11.5 Å². The molecular weight excluding hydrogens is 392 g/mol. The number of ether oxygens (including phenoxy) is 2. The summed E-state index contributed by atoms with van der Waals surface area (Å²) in [5, 5.41) is 2.79. The zero-order valence-corrected chi connectivity index (χ0v) is 18.0. The second-order valence-corrected chi connectivity index (χ2v) is 9.25. The average Bonchev–Trinajstić information content (AvgIpc) is 2.65. The fourth-order valence-corrected chi connectivity index (χ4v) is 3.93. The van der Waals surface area contributed by atoms with E-state index in [4.69, 9.17) is 9.47 Å². The first-order valence-corrected chi connectivity index (χ1v) is 10.7. The lowest BCUT2D eigenvalue weighted by atomic mass is 10.1. The van der Waals surface area contributed by atoms with Crippen LogP contribution in [0.2, 0.25) is 0 Å². The van der Waals surface area contributed by atoms with Gasteiger partial charge in [0, 0.05) is 12.1 Å². The van der Waals surface area contributed by atoms with E-state index in [0.29, 0.717) is 18.7 Å². The summed E-state index contributed by atoms with van der Waals surface area (Å²) >= 11 is 0. The number of methoxy groups -OCH3 is 1. The number of benzene rings is 2. The van der Waals surface area contributed by atoms with Crippen LogP contribution in [-0.4, -0.2) is 40.1 Å². The fourth-order valence-electron chi connectivity index (χ4n) is 2.52. The molecule has 0 saturated carbocycles. The average molecular weight is 421 g/mol. The summed E-state index contributed by atoms with van der Waals surface area (Å²) in [5.41, 5.74) is 0.519. The third-order valence-electron chi connectivity index (χ3n) is 3.84. The molecule has 2 aromatic rings. The maximum atomic E-state index is 12.3. The van der Waals surface area contributed by atoms with Gasteiger partial charge in [-0.05, 0) is 69.2 Å². The van der Waals surface area contributed by atoms with E-state index in [9.17, 15) is 13.2 Å². The Kier molecular flexibility index (Phi) is 7.64. The monoisotopic (exact) mass is 420 g/mol. The molecule has 7 nitrogen and oxygen atoms in total. The van der Waals surface area contributed by atoms with Crippen molar-refractivity contribution in [1.82, 2.24) is 10.0 Å². The SMILES string of the molecule is COc1ccc(CCNC(=O)COc2ccc(S(=O)(=O)NC(C)(C)C)cc2)cc1. The van der Waals surface area contributed by atoms with E-state index in [-0.39, 0.29) is 17.4 Å². The van der Waals surface area contributed by atoms with E-state index in [1.807, 2.05) is 24.3 Å². The molecule has 0 saturated heterocycles. The predicted molar refractivity (Wildman–Crippen MR) is 112 cm³/mol. The molecule has 0 fully saturated rings. The van der Waals surface area contributed by atoms with Gasteiger partial charge in [-0.1, -0.05) is 12.1 Å². The van der Waals surface area contributed by atoms with Crippen molar-refractivity contribution >= 4 is 15.9 Å². The molecule has 2 rings (SSSR count). The minimum absolute atomic E-state index is 0.142. The van der Waals surface area contributed by atoms with E-state index < -0.39 is 15.6 Å². The maximum absolute atomic E-state index is 12.3. The molecule has 0 spiro atoms. The van der Waals surface area contributed by atoms with Crippen molar-refractivity contribution in [2.24, 2.45) is 0 Å². The Labute approximate surface area is 172 Å². The van der Waals surface area contributed by atoms with Crippen molar-refractivity contribution in [2.75, 3.05) is 20.3 Å². The van der Waals surface area contributed by atoms with Crippen LogP contribution in [0.25, 0.3) is 0 Å². The summed E-state index contributed by atoms with van der Waals surface area (Å²) in [6, 6.07) is 13.6. The highest BCUT2D eigenvalue weighted by atomic mass is 32.2. The molecule has 0 aliphatic rings. The van der Waals surface area contributed by atoms with Crippen LogP contribution in [0.5, 0.6) is 11.5 Å². The number of rotatable bonds is 9. The van der Waals surface area contributed by atoms with Gasteiger partial charge >= 0.3 is 0 Å². The van der Waals surface area contributed by atoms with Crippen molar-refractivity contribution in [1.29, 1.82) is 0 Å². The smallest absolute Gasteiger partial charge is 0.257 e. The van der Waals surface area contributed by atoms with Gasteiger partial charge in [0.05, 0.1) is 12.0 Å². The van der Waals surface area contributed by atoms with E-state index in [2.05, 4.69) is 10.0 Å². The Morgan fingerprint density at radius 1 is 0.966 bits per heavy atom. The quantitative estimate of drug-likeness (QED) is 0.650. The number of nitrogens with one attached hydrogen (secondary N) is 2. The molecule has 29 heavy (non-hydrogen) atoms. The van der Waals surface area contributed by atoms with Crippen LogP contribution in [0, 0.1) is 0 Å². The normalized spacial score (nSPS) is 11.7. The molecule has 0 aliphatic carbocycles. The van der Waals surface area contributed by atoms with E-state index in [1.165, 1.54) is 24.3 Å². The molecule has 8 heteroatoms. The summed E-state index contributed by atoms with van der Waals surface area (Å²) in [6.07, 6.45) is 0.697. The van der Waals surface area contributed by atoms with Crippen molar-refractivity contribution in [3.05, 3.63) is 54.1 Å². The minimum Gasteiger partial charge on any atom is -0.497 e. The van der Waals surface area contributed by atoms with Crippen LogP contribution in [0.3, 0.4) is 0 Å². The molecule has 0 unspecified atom stereocenters. The second-order valence-electron chi connectivity index (χ2n) is 7.56. The third kappa shape index (κ3) is 7.75. The molecule has 0 aliphatic heterocycles. The number of hydrogen-bond acceptors (Lipinski definition) is 5. The van der Waals surface area contributed by atoms with Gasteiger partial charge in [-0.2, -0.15) is 0 Å². The molecule has 2 aromatic carbocycles. The Hall–Kier alpha value is -2.58. The Bertz CT molecular complexity index is 902. The van der Waals surface area contributed by atoms with Gasteiger partial charge < -0.3 is 14.8 Å². The summed E-state index contributed by atoms with van der Waals surface area (Å²) in [5.74, 6) is 0.966. The lowest BCUT2D eigenvalue weighted by molar-refractivity contribution is -0.123. The third-order valence-corrected chi connectivity index (χ3v) is 5.61. The van der Waals surface area contributed by atoms with Crippen LogP contribution < -0.4 is 19.5 Å². The number of amides is 1. The van der Waals surface area contributed by atoms with Crippen molar-refractivity contribution in [2.45, 2.75) is 37.6 Å². The first-order chi connectivity index (χ1) is 13.6. The number of hydrogen-bond donors (Lipinski definition) is 2. The van der Waals surface area contributed by atoms with Gasteiger partial charge in [0.2, 0.25) is 10.0 Å². The van der Waals surface area contributed by atoms with Gasteiger partial charge in [0.1, 0.15) is 11.5 Å². The standard InChI is InChI=1S/C21H28N2O5S/c1-21(2,3)23-29(25,26)19-11-9-18(10-12-19)28-15-20(24)22-14-13-16-5-7-17(27-4)8-6-16/h5-12,23H,13-15H2,1-4H3,(H,22,24). The second kappa shape index (κ2) is 9.76. The summed E-state index contributed by atoms with van der Waals surface area (Å²) in [4.78, 5) is 12.1. The van der Waals surface area contributed by atoms with E-state index >= 15 is 0 Å². The van der Waals surface area contributed by atoms with Gasteiger partial charge in [-0.3, -0.25) is 4.79 Å². The van der Waals surface area contributed by atoms with Crippen LogP contribution in [0.15, 0.2) is 53.4 Å². The molecule has 1 amide bonds. The van der Waals surface area contributed by atoms with Crippen LogP contribution in [0.4, 0.5) is 0 Å². The van der Waals surface area contributed by atoms with Gasteiger partial charge in [0.15, 0.2) is 6.61 Å². The molecule has 0 bridgehead atoms. The fraction of sp³-hybridized carbons (Fsp3) is 0.381. The number of carbonyl (C=O) groups is 1. The van der Waals surface area contributed by atoms with Crippen LogP contribution in [-0.2, 0) is 21.2 Å². The molecule has 0 aromatic heterocycles. The number of carbonyl (C=O) groups excluding carboxylic acids is 1. The summed E-state index contributed by atoms with van der Waals surface area (Å²) in [7, 11) is -1.99. The Morgan fingerprint density at radius 2 is 1.55 bits per heavy atom. The highest BCUT2D eigenvalue weighted by Gasteiger charge is 2.21. The molecule has 2 N–H and O–H groups in total. The summed E-state index contributed by atoms with van der Waals surface area (Å²) in [6.45, 7) is 5.67. The Morgan fingerprint density at radius 3 is 2.10 bits per heavy atom. The minimum atomic E-state index is -3.60. The Balaban J connectivity index is 1.78. The molecule has 0 heterocycles. The highest BCUT2D eigenvalue weighted by molar-refractivity contribution is 7.89. The summed E-state index contributed by atoms with van der Waals surface area (Å²) < 4.78 is 37.7. The molecule has 0 radical (unpaired) electrons. The van der Waals surface area contributed by atoms with Crippen molar-refractivity contribution in [3.63, 3.8) is 0 Å². The lowest BCUT2D eigenvalue weighted by Gasteiger charge is -2.20. The van der Waals surface area contributed by atoms with E-state index in [1.54, 1.807) is 27.9 Å². The maximum Gasteiger partial charge on any atom is 0.257 e. The van der Waals surface area contributed by atoms with Crippen molar-refractivity contribution < 1.29 is 22.7 Å². The first kappa shape index (κ1) is 22.7. The topological polar surface area (TPSA) is 93.7 Å². The zero-order chi connectivity index (χ0) is 21.5. The van der Waals surface area contributed by atoms with Crippen LogP contribution in [0.1, 0.15) is 26.3 Å². The largest absolute Gasteiger partial charge is 0.497 e. The lowest BCUT2D eigenvalue weighted by Crippen LogP contribution is -2.40. The van der Waals surface area contributed by atoms with Gasteiger partial charge in [-0.25, -0.2) is 13.1 Å².